The van der Waals surface area contributed by atoms with Gasteiger partial charge in [0.25, 0.3) is 0 Å². The van der Waals surface area contributed by atoms with Gasteiger partial charge in [-0.05, 0) is 75.0 Å². The van der Waals surface area contributed by atoms with E-state index in [1.807, 2.05) is 60.5 Å². The molecule has 60 heavy (non-hydrogen) atoms. The summed E-state index contributed by atoms with van der Waals surface area (Å²) >= 11 is 0. The number of piperidine rings is 2. The summed E-state index contributed by atoms with van der Waals surface area (Å²) in [5.74, 6) is 0.193. The smallest absolute Gasteiger partial charge is 0.237 e. The first kappa shape index (κ1) is 38.4. The van der Waals surface area contributed by atoms with Crippen LogP contribution in [0.1, 0.15) is 59.7 Å². The molecule has 5 aromatic rings. The van der Waals surface area contributed by atoms with Crippen LogP contribution in [0.2, 0.25) is 0 Å². The Balaban J connectivity index is 0.722. The molecule has 0 saturated carbocycles. The van der Waals surface area contributed by atoms with Crippen molar-refractivity contribution < 1.29 is 22.7 Å². The first-order chi connectivity index (χ1) is 29.1. The van der Waals surface area contributed by atoms with Crippen molar-refractivity contribution in [1.82, 2.24) is 34.9 Å². The zero-order valence-electron chi connectivity index (χ0n) is 33.9. The van der Waals surface area contributed by atoms with Crippen LogP contribution in [0.25, 0.3) is 10.9 Å². The number of nitrogens with zero attached hydrogens (tertiary/aromatic N) is 8. The molecule has 0 spiro atoms. The van der Waals surface area contributed by atoms with Gasteiger partial charge in [-0.2, -0.15) is 5.10 Å². The molecule has 1 atom stereocenters. The SMILES string of the molecule is Cc1c(N2CCc3cnc(Nc4ccc(CS(=O)(=O)C5CCN(C6CN(c7cccc8c(C9CCC(=O)NC9=O)nn(C)c78)C6)CC5)cc4)nc3C2)cnc2c1NCCO2. The van der Waals surface area contributed by atoms with Gasteiger partial charge >= 0.3 is 0 Å². The fourth-order valence-corrected chi connectivity index (χ4v) is 11.4. The summed E-state index contributed by atoms with van der Waals surface area (Å²) in [7, 11) is -1.45. The van der Waals surface area contributed by atoms with Gasteiger partial charge in [-0.1, -0.05) is 24.3 Å². The number of sulfone groups is 1. The zero-order valence-corrected chi connectivity index (χ0v) is 34.7. The Kier molecular flexibility index (Phi) is 9.82. The quantitative estimate of drug-likeness (QED) is 0.182. The van der Waals surface area contributed by atoms with Crippen LogP contribution in [0, 0.1) is 6.92 Å². The number of hydrogen-bond acceptors (Lipinski definition) is 14. The van der Waals surface area contributed by atoms with Crippen molar-refractivity contribution in [3.63, 3.8) is 0 Å². The number of nitrogens with one attached hydrogen (secondary N) is 3. The van der Waals surface area contributed by atoms with Crippen LogP contribution >= 0.6 is 0 Å². The summed E-state index contributed by atoms with van der Waals surface area (Å²) in [5.41, 5.74) is 9.55. The molecule has 0 bridgehead atoms. The van der Waals surface area contributed by atoms with Gasteiger partial charge in [-0.15, -0.1) is 0 Å². The normalized spacial score (nSPS) is 20.2. The molecular formula is C43H49N11O5S. The maximum atomic E-state index is 13.7. The number of fused-ring (bicyclic) bond motifs is 3. The van der Waals surface area contributed by atoms with Gasteiger partial charge in [0.2, 0.25) is 23.6 Å². The van der Waals surface area contributed by atoms with Crippen molar-refractivity contribution in [2.75, 3.05) is 66.3 Å². The second-order valence-electron chi connectivity index (χ2n) is 16.7. The Morgan fingerprint density at radius 2 is 1.75 bits per heavy atom. The number of aryl methyl sites for hydroxylation is 1. The van der Waals surface area contributed by atoms with Gasteiger partial charge in [-0.3, -0.25) is 24.5 Å². The number of rotatable bonds is 9. The molecule has 3 N–H and O–H groups in total. The summed E-state index contributed by atoms with van der Waals surface area (Å²) in [6.45, 7) is 8.12. The van der Waals surface area contributed by atoms with E-state index in [1.165, 1.54) is 0 Å². The molecule has 2 aromatic carbocycles. The number of para-hydroxylation sites is 1. The Labute approximate surface area is 348 Å². The molecule has 5 aliphatic rings. The first-order valence-corrected chi connectivity index (χ1v) is 22.6. The highest BCUT2D eigenvalue weighted by Gasteiger charge is 2.39. The number of benzene rings is 2. The standard InChI is InChI=1S/C43H49N11O5S/c1-26-36(21-45-42-38(26)44-15-19-59-42)53-16-12-28-20-46-43(48-34(28)24-53)47-29-8-6-27(7-9-29)25-60(57,58)31-13-17-52(18-14-31)30-22-54(23-30)35-5-3-4-32-39(50-51(2)40(32)35)33-10-11-37(55)49-41(33)56/h3-9,20-21,30-31,33,44H,10-19,22-25H2,1-2H3,(H,46,47,48)(H,49,55,56). The highest BCUT2D eigenvalue weighted by molar-refractivity contribution is 7.91. The Morgan fingerprint density at radius 3 is 2.55 bits per heavy atom. The highest BCUT2D eigenvalue weighted by Crippen LogP contribution is 2.38. The van der Waals surface area contributed by atoms with Crippen LogP contribution in [-0.2, 0) is 45.2 Å². The molecule has 3 fully saturated rings. The van der Waals surface area contributed by atoms with Crippen molar-refractivity contribution in [3.05, 3.63) is 82.9 Å². The van der Waals surface area contributed by atoms with E-state index < -0.39 is 15.8 Å². The number of imide groups is 1. The van der Waals surface area contributed by atoms with E-state index >= 15 is 0 Å². The third kappa shape index (κ3) is 7.16. The van der Waals surface area contributed by atoms with Crippen LogP contribution in [0.15, 0.2) is 54.9 Å². The second-order valence-corrected chi connectivity index (χ2v) is 19.0. The number of carbonyl (C=O) groups excluding carboxylic acids is 2. The Bertz CT molecular complexity index is 2600. The van der Waals surface area contributed by atoms with E-state index in [2.05, 4.69) is 53.6 Å². The molecule has 3 saturated heterocycles. The largest absolute Gasteiger partial charge is 0.474 e. The number of amides is 2. The van der Waals surface area contributed by atoms with Crippen LogP contribution in [0.3, 0.4) is 0 Å². The van der Waals surface area contributed by atoms with Gasteiger partial charge in [0.15, 0.2) is 9.84 Å². The molecule has 16 nitrogen and oxygen atoms in total. The summed E-state index contributed by atoms with van der Waals surface area (Å²) in [6.07, 6.45) is 6.62. The molecule has 2 amide bonds. The molecule has 3 aromatic heterocycles. The second kappa shape index (κ2) is 15.3. The van der Waals surface area contributed by atoms with Gasteiger partial charge < -0.3 is 25.2 Å². The zero-order chi connectivity index (χ0) is 41.1. The van der Waals surface area contributed by atoms with Crippen LogP contribution < -0.4 is 30.5 Å². The molecule has 1 unspecified atom stereocenters. The summed E-state index contributed by atoms with van der Waals surface area (Å²) in [5, 5.41) is 14.5. The predicted molar refractivity (Wildman–Crippen MR) is 229 cm³/mol. The molecular weight excluding hydrogens is 783 g/mol. The third-order valence-corrected chi connectivity index (χ3v) is 15.2. The number of pyridine rings is 1. The number of likely N-dealkylation sites (tertiary alicyclic amines) is 1. The van der Waals surface area contributed by atoms with Crippen molar-refractivity contribution in [1.29, 1.82) is 0 Å². The average molecular weight is 832 g/mol. The summed E-state index contributed by atoms with van der Waals surface area (Å²) in [4.78, 5) is 45.5. The topological polar surface area (TPSA) is 180 Å². The van der Waals surface area contributed by atoms with E-state index in [0.717, 1.165) is 102 Å². The lowest BCUT2D eigenvalue weighted by Crippen LogP contribution is -2.61. The van der Waals surface area contributed by atoms with Gasteiger partial charge in [-0.25, -0.2) is 23.4 Å². The monoisotopic (exact) mass is 831 g/mol. The van der Waals surface area contributed by atoms with Gasteiger partial charge in [0.05, 0.1) is 57.9 Å². The number of hydrogen-bond donors (Lipinski definition) is 3. The first-order valence-electron chi connectivity index (χ1n) is 20.9. The molecule has 0 aliphatic carbocycles. The van der Waals surface area contributed by atoms with Crippen molar-refractivity contribution in [3.8, 4) is 5.88 Å². The minimum Gasteiger partial charge on any atom is -0.474 e. The fraction of sp³-hybridized carbons (Fsp3) is 0.442. The van der Waals surface area contributed by atoms with E-state index in [4.69, 9.17) is 14.8 Å². The lowest BCUT2D eigenvalue weighted by molar-refractivity contribution is -0.134. The Hall–Kier alpha value is -5.81. The molecule has 10 rings (SSSR count). The van der Waals surface area contributed by atoms with Gasteiger partial charge in [0, 0.05) is 68.5 Å². The van der Waals surface area contributed by atoms with E-state index in [-0.39, 0.29) is 22.8 Å². The number of aromatic nitrogens is 5. The maximum absolute atomic E-state index is 13.7. The number of anilines is 5. The predicted octanol–water partition coefficient (Wildman–Crippen LogP) is 3.97. The van der Waals surface area contributed by atoms with Gasteiger partial charge in [0.1, 0.15) is 12.3 Å². The molecule has 17 heteroatoms. The summed E-state index contributed by atoms with van der Waals surface area (Å²) < 4.78 is 34.9. The summed E-state index contributed by atoms with van der Waals surface area (Å²) in [6, 6.07) is 14.0. The number of ether oxygens (including phenoxy) is 1. The molecule has 5 aliphatic heterocycles. The fourth-order valence-electron chi connectivity index (χ4n) is 9.56. The van der Waals surface area contributed by atoms with Crippen molar-refractivity contribution in [2.45, 2.75) is 68.5 Å². The van der Waals surface area contributed by atoms with E-state index in [0.29, 0.717) is 62.4 Å². The van der Waals surface area contributed by atoms with Crippen molar-refractivity contribution >= 4 is 61.3 Å². The maximum Gasteiger partial charge on any atom is 0.237 e. The Morgan fingerprint density at radius 1 is 0.933 bits per heavy atom. The van der Waals surface area contributed by atoms with E-state index in [1.54, 1.807) is 0 Å². The lowest BCUT2D eigenvalue weighted by atomic mass is 9.92. The number of carbonyl (C=O) groups is 2. The van der Waals surface area contributed by atoms with E-state index in [9.17, 15) is 18.0 Å². The highest BCUT2D eigenvalue weighted by atomic mass is 32.2. The van der Waals surface area contributed by atoms with Crippen LogP contribution in [0.5, 0.6) is 5.88 Å². The minimum absolute atomic E-state index is 0.00840. The van der Waals surface area contributed by atoms with Crippen molar-refractivity contribution in [2.24, 2.45) is 7.05 Å². The van der Waals surface area contributed by atoms with Crippen LogP contribution in [-0.4, -0.2) is 107 Å². The van der Waals surface area contributed by atoms with Crippen LogP contribution in [0.4, 0.5) is 28.7 Å². The molecule has 8 heterocycles. The minimum atomic E-state index is -3.35. The average Bonchev–Trinajstić information content (AvgIpc) is 3.57. The molecule has 312 valence electrons. The lowest BCUT2D eigenvalue weighted by Gasteiger charge is -2.48. The third-order valence-electron chi connectivity index (χ3n) is 12.9. The molecule has 0 radical (unpaired) electrons.